The maximum absolute atomic E-state index is 11.7. The van der Waals surface area contributed by atoms with Crippen LogP contribution in [0.15, 0.2) is 0 Å². The molecule has 0 saturated heterocycles. The fourth-order valence-electron chi connectivity index (χ4n) is 1.07. The predicted octanol–water partition coefficient (Wildman–Crippen LogP) is 2.04. The molecule has 0 aromatic heterocycles. The minimum Gasteiger partial charge on any atom is -0.372 e. The van der Waals surface area contributed by atoms with Gasteiger partial charge in [0.25, 0.3) is 0 Å². The molecule has 16 heavy (non-hydrogen) atoms. The maximum atomic E-state index is 11.7. The van der Waals surface area contributed by atoms with Crippen LogP contribution in [0.2, 0.25) is 0 Å². The highest BCUT2D eigenvalue weighted by molar-refractivity contribution is 6.18. The number of hydrogen-bond donors (Lipinski definition) is 0. The fraction of sp³-hybridized carbons (Fsp3) is 0.889. The van der Waals surface area contributed by atoms with Crippen LogP contribution in [0, 0.1) is 0 Å². The molecule has 1 amide bonds. The molecule has 0 aliphatic heterocycles. The van der Waals surface area contributed by atoms with Crippen molar-refractivity contribution in [3.8, 4) is 0 Å². The third-order valence-electron chi connectivity index (χ3n) is 1.81. The average molecular weight is 262 g/mol. The summed E-state index contributed by atoms with van der Waals surface area (Å²) in [5.41, 5.74) is 0. The summed E-state index contributed by atoms with van der Waals surface area (Å²) in [6.07, 6.45) is -4.40. The first-order valence-corrected chi connectivity index (χ1v) is 5.42. The molecular formula is C9H15ClF3NO2. The van der Waals surface area contributed by atoms with E-state index in [2.05, 4.69) is 4.74 Å². The van der Waals surface area contributed by atoms with Crippen molar-refractivity contribution < 1.29 is 22.7 Å². The second-order valence-electron chi connectivity index (χ2n) is 3.08. The molecule has 0 spiro atoms. The molecule has 0 aromatic rings. The number of hydrogen-bond acceptors (Lipinski definition) is 2. The van der Waals surface area contributed by atoms with E-state index >= 15 is 0 Å². The van der Waals surface area contributed by atoms with Crippen molar-refractivity contribution in [3.63, 3.8) is 0 Å². The van der Waals surface area contributed by atoms with E-state index in [1.165, 1.54) is 4.90 Å². The zero-order valence-corrected chi connectivity index (χ0v) is 9.77. The van der Waals surface area contributed by atoms with Crippen molar-refractivity contribution in [2.45, 2.75) is 19.5 Å². The van der Waals surface area contributed by atoms with Gasteiger partial charge in [-0.05, 0) is 6.92 Å². The lowest BCUT2D eigenvalue weighted by Gasteiger charge is -2.19. The number of rotatable bonds is 7. The zero-order valence-electron chi connectivity index (χ0n) is 9.02. The fourth-order valence-corrected chi connectivity index (χ4v) is 1.27. The van der Waals surface area contributed by atoms with E-state index in [0.717, 1.165) is 0 Å². The molecule has 0 N–H and O–H groups in total. The van der Waals surface area contributed by atoms with Crippen LogP contribution in [0.3, 0.4) is 0 Å². The van der Waals surface area contributed by atoms with Crippen LogP contribution >= 0.6 is 11.6 Å². The Labute approximate surface area is 97.5 Å². The van der Waals surface area contributed by atoms with Crippen molar-refractivity contribution in [1.29, 1.82) is 0 Å². The molecule has 0 aliphatic rings. The van der Waals surface area contributed by atoms with E-state index in [1.807, 2.05) is 0 Å². The van der Waals surface area contributed by atoms with Gasteiger partial charge >= 0.3 is 6.18 Å². The van der Waals surface area contributed by atoms with E-state index in [9.17, 15) is 18.0 Å². The van der Waals surface area contributed by atoms with Gasteiger partial charge in [0.1, 0.15) is 6.61 Å². The second kappa shape index (κ2) is 7.73. The number of carbonyl (C=O) groups is 1. The summed E-state index contributed by atoms with van der Waals surface area (Å²) in [7, 11) is 0. The molecule has 0 bridgehead atoms. The summed E-state index contributed by atoms with van der Waals surface area (Å²) < 4.78 is 39.4. The quantitative estimate of drug-likeness (QED) is 0.518. The number of alkyl halides is 4. The van der Waals surface area contributed by atoms with Gasteiger partial charge in [-0.15, -0.1) is 11.6 Å². The highest BCUT2D eigenvalue weighted by atomic mass is 35.5. The number of nitrogens with zero attached hydrogens (tertiary/aromatic N) is 1. The number of halogens is 4. The Hall–Kier alpha value is -0.490. The molecule has 0 unspecified atom stereocenters. The van der Waals surface area contributed by atoms with E-state index in [4.69, 9.17) is 11.6 Å². The lowest BCUT2D eigenvalue weighted by molar-refractivity contribution is -0.175. The van der Waals surface area contributed by atoms with Crippen LogP contribution in [-0.4, -0.2) is 49.2 Å². The smallest absolute Gasteiger partial charge is 0.372 e. The third-order valence-corrected chi connectivity index (χ3v) is 1.98. The third kappa shape index (κ3) is 7.76. The van der Waals surface area contributed by atoms with Crippen LogP contribution in [0.4, 0.5) is 13.2 Å². The lowest BCUT2D eigenvalue weighted by Crippen LogP contribution is -2.33. The first-order valence-electron chi connectivity index (χ1n) is 4.89. The van der Waals surface area contributed by atoms with E-state index < -0.39 is 12.8 Å². The molecule has 0 rings (SSSR count). The number of ether oxygens (including phenoxy) is 1. The summed E-state index contributed by atoms with van der Waals surface area (Å²) >= 11 is 5.47. The van der Waals surface area contributed by atoms with E-state index in [-0.39, 0.29) is 18.9 Å². The second-order valence-corrected chi connectivity index (χ2v) is 3.46. The molecule has 0 radical (unpaired) electrons. The Morgan fingerprint density at radius 1 is 1.44 bits per heavy atom. The van der Waals surface area contributed by atoms with Crippen LogP contribution in [0.5, 0.6) is 0 Å². The van der Waals surface area contributed by atoms with Gasteiger partial charge in [-0.25, -0.2) is 0 Å². The van der Waals surface area contributed by atoms with Crippen molar-refractivity contribution >= 4 is 17.5 Å². The monoisotopic (exact) mass is 261 g/mol. The first kappa shape index (κ1) is 15.5. The summed E-state index contributed by atoms with van der Waals surface area (Å²) in [5, 5.41) is 0. The van der Waals surface area contributed by atoms with Crippen LogP contribution < -0.4 is 0 Å². The molecule has 3 nitrogen and oxygen atoms in total. The first-order chi connectivity index (χ1) is 7.40. The lowest BCUT2D eigenvalue weighted by atomic mass is 10.3. The number of carbonyl (C=O) groups excluding carboxylic acids is 1. The Morgan fingerprint density at radius 3 is 2.50 bits per heavy atom. The average Bonchev–Trinajstić information content (AvgIpc) is 2.19. The van der Waals surface area contributed by atoms with Gasteiger partial charge in [-0.3, -0.25) is 4.79 Å². The van der Waals surface area contributed by atoms with Crippen molar-refractivity contribution in [2.75, 3.05) is 32.2 Å². The van der Waals surface area contributed by atoms with Gasteiger partial charge in [-0.1, -0.05) is 0 Å². The van der Waals surface area contributed by atoms with Crippen LogP contribution in [0.25, 0.3) is 0 Å². The Kier molecular flexibility index (Phi) is 7.49. The van der Waals surface area contributed by atoms with E-state index in [0.29, 0.717) is 19.0 Å². The van der Waals surface area contributed by atoms with E-state index in [1.54, 1.807) is 6.92 Å². The minimum atomic E-state index is -4.34. The summed E-state index contributed by atoms with van der Waals surface area (Å²) in [6, 6.07) is 0. The summed E-state index contributed by atoms with van der Waals surface area (Å²) in [4.78, 5) is 12.9. The standard InChI is InChI=1S/C9H15ClF3NO2/c1-2-14(5-4-10)8(15)3-6-16-7-9(11,12)13/h2-7H2,1H3. The Balaban J connectivity index is 3.71. The molecule has 0 heterocycles. The molecule has 0 saturated carbocycles. The van der Waals surface area contributed by atoms with Gasteiger partial charge in [0, 0.05) is 19.0 Å². The van der Waals surface area contributed by atoms with Gasteiger partial charge < -0.3 is 9.64 Å². The van der Waals surface area contributed by atoms with Crippen molar-refractivity contribution in [3.05, 3.63) is 0 Å². The minimum absolute atomic E-state index is 0.0548. The Morgan fingerprint density at radius 2 is 2.06 bits per heavy atom. The van der Waals surface area contributed by atoms with Crippen LogP contribution in [0.1, 0.15) is 13.3 Å². The topological polar surface area (TPSA) is 29.5 Å². The molecule has 0 aromatic carbocycles. The SMILES string of the molecule is CCN(CCCl)C(=O)CCOCC(F)(F)F. The Bertz CT molecular complexity index is 211. The highest BCUT2D eigenvalue weighted by Crippen LogP contribution is 2.14. The largest absolute Gasteiger partial charge is 0.411 e. The predicted molar refractivity (Wildman–Crippen MR) is 54.5 cm³/mol. The molecular weight excluding hydrogens is 247 g/mol. The summed E-state index contributed by atoms with van der Waals surface area (Å²) in [6.45, 7) is 1.13. The van der Waals surface area contributed by atoms with Gasteiger partial charge in [-0.2, -0.15) is 13.2 Å². The van der Waals surface area contributed by atoms with Crippen molar-refractivity contribution in [1.82, 2.24) is 4.90 Å². The maximum Gasteiger partial charge on any atom is 0.411 e. The van der Waals surface area contributed by atoms with Gasteiger partial charge in [0.2, 0.25) is 5.91 Å². The molecule has 0 atom stereocenters. The van der Waals surface area contributed by atoms with Crippen molar-refractivity contribution in [2.24, 2.45) is 0 Å². The molecule has 0 fully saturated rings. The van der Waals surface area contributed by atoms with Gasteiger partial charge in [0.15, 0.2) is 0 Å². The molecule has 7 heteroatoms. The summed E-state index contributed by atoms with van der Waals surface area (Å²) in [5.74, 6) is 0.0635. The molecule has 96 valence electrons. The highest BCUT2D eigenvalue weighted by Gasteiger charge is 2.27. The molecule has 0 aliphatic carbocycles. The normalized spacial score (nSPS) is 11.6. The van der Waals surface area contributed by atoms with Gasteiger partial charge in [0.05, 0.1) is 13.0 Å². The zero-order chi connectivity index (χ0) is 12.6. The van der Waals surface area contributed by atoms with Crippen LogP contribution in [-0.2, 0) is 9.53 Å². The number of amides is 1.